The Hall–Kier alpha value is -4.42. The Morgan fingerprint density at radius 2 is 1.82 bits per heavy atom. The highest BCUT2D eigenvalue weighted by atomic mass is 32.2. The quantitative estimate of drug-likeness (QED) is 0.257. The van der Waals surface area contributed by atoms with Crippen molar-refractivity contribution >= 4 is 15.7 Å². The van der Waals surface area contributed by atoms with Crippen molar-refractivity contribution in [3.63, 3.8) is 0 Å². The molecule has 0 spiro atoms. The molecule has 2 N–H and O–H groups in total. The van der Waals surface area contributed by atoms with Crippen molar-refractivity contribution in [1.29, 1.82) is 5.26 Å². The molecule has 1 aliphatic carbocycles. The second-order valence-electron chi connectivity index (χ2n) is 10.1. The third kappa shape index (κ3) is 5.92. The Morgan fingerprint density at radius 3 is 2.50 bits per heavy atom. The molecule has 0 radical (unpaired) electrons. The molecule has 5 rings (SSSR count). The summed E-state index contributed by atoms with van der Waals surface area (Å²) in [6.07, 6.45) is 4.34. The molecule has 4 aromatic rings. The number of sulfonamides is 1. The van der Waals surface area contributed by atoms with Gasteiger partial charge in [-0.05, 0) is 66.5 Å². The van der Waals surface area contributed by atoms with Gasteiger partial charge < -0.3 is 9.52 Å². The van der Waals surface area contributed by atoms with Gasteiger partial charge in [0.25, 0.3) is 10.0 Å². The molecule has 9 heteroatoms. The molecule has 2 heterocycles. The molecule has 204 valence electrons. The molecule has 0 amide bonds. The van der Waals surface area contributed by atoms with Crippen LogP contribution in [-0.2, 0) is 16.4 Å². The van der Waals surface area contributed by atoms with Crippen LogP contribution < -0.4 is 10.3 Å². The van der Waals surface area contributed by atoms with E-state index in [9.17, 15) is 18.3 Å². The summed E-state index contributed by atoms with van der Waals surface area (Å²) < 4.78 is 34.1. The molecule has 40 heavy (non-hydrogen) atoms. The second-order valence-corrected chi connectivity index (χ2v) is 11.7. The summed E-state index contributed by atoms with van der Waals surface area (Å²) in [5.74, 6) is 0.112. The average Bonchev–Trinajstić information content (AvgIpc) is 3.79. The fraction of sp³-hybridized carbons (Fsp3) is 0.258. The number of nitrogens with one attached hydrogen (secondary N) is 1. The Balaban J connectivity index is 1.44. The molecule has 0 aliphatic heterocycles. The normalized spacial score (nSPS) is 14.7. The average molecular weight is 556 g/mol. The molecule has 2 aromatic carbocycles. The van der Waals surface area contributed by atoms with Crippen LogP contribution in [0, 0.1) is 17.2 Å². The number of aromatic hydroxyl groups is 1. The number of hydrogen-bond donors (Lipinski definition) is 2. The highest BCUT2D eigenvalue weighted by molar-refractivity contribution is 7.92. The molecule has 1 saturated carbocycles. The highest BCUT2D eigenvalue weighted by Crippen LogP contribution is 2.48. The lowest BCUT2D eigenvalue weighted by Crippen LogP contribution is -2.18. The molecule has 0 bridgehead atoms. The number of aromatic nitrogens is 1. The monoisotopic (exact) mass is 555 g/mol. The predicted octanol–water partition coefficient (Wildman–Crippen LogP) is 5.69. The van der Waals surface area contributed by atoms with Crippen molar-refractivity contribution < 1.29 is 17.9 Å². The van der Waals surface area contributed by atoms with E-state index in [2.05, 4.69) is 16.6 Å². The summed E-state index contributed by atoms with van der Waals surface area (Å²) in [6, 6.07) is 22.8. The molecule has 2 atom stereocenters. The first-order valence-electron chi connectivity index (χ1n) is 13.2. The minimum Gasteiger partial charge on any atom is -0.507 e. The van der Waals surface area contributed by atoms with Crippen molar-refractivity contribution in [3.05, 3.63) is 117 Å². The predicted molar refractivity (Wildman–Crippen MR) is 151 cm³/mol. The summed E-state index contributed by atoms with van der Waals surface area (Å²) in [7, 11) is -4.06. The van der Waals surface area contributed by atoms with E-state index in [1.54, 1.807) is 18.2 Å². The van der Waals surface area contributed by atoms with E-state index >= 15 is 0 Å². The van der Waals surface area contributed by atoms with Crippen molar-refractivity contribution in [3.8, 4) is 11.8 Å². The summed E-state index contributed by atoms with van der Waals surface area (Å²) in [5, 5.41) is 19.9. The molecule has 8 nitrogen and oxygen atoms in total. The van der Waals surface area contributed by atoms with Crippen molar-refractivity contribution in [1.82, 2.24) is 4.98 Å². The van der Waals surface area contributed by atoms with Crippen LogP contribution >= 0.6 is 0 Å². The molecule has 2 unspecified atom stereocenters. The zero-order valence-electron chi connectivity index (χ0n) is 21.9. The van der Waals surface area contributed by atoms with Gasteiger partial charge in [0, 0.05) is 30.3 Å². The van der Waals surface area contributed by atoms with Gasteiger partial charge in [0.15, 0.2) is 5.03 Å². The summed E-state index contributed by atoms with van der Waals surface area (Å²) >= 11 is 0. The minimum absolute atomic E-state index is 0.116. The SMILES string of the molecule is CCC(Cc1cc(O)c(C(c2cccc(NS(=O)(=O)c3cc(C#N)ccn3)c2)C2CC2)c(=O)o1)c1ccccc1. The molecular weight excluding hydrogens is 526 g/mol. The maximum absolute atomic E-state index is 13.3. The maximum atomic E-state index is 13.3. The smallest absolute Gasteiger partial charge is 0.343 e. The van der Waals surface area contributed by atoms with Crippen LogP contribution in [0.1, 0.15) is 66.0 Å². The van der Waals surface area contributed by atoms with Gasteiger partial charge in [0.2, 0.25) is 0 Å². The Kier molecular flexibility index (Phi) is 7.71. The minimum atomic E-state index is -4.06. The molecular formula is C31H29N3O5S. The van der Waals surface area contributed by atoms with Crippen LogP contribution in [0.4, 0.5) is 5.69 Å². The van der Waals surface area contributed by atoms with E-state index < -0.39 is 21.6 Å². The van der Waals surface area contributed by atoms with Crippen LogP contribution in [0.5, 0.6) is 5.75 Å². The second kappa shape index (κ2) is 11.4. The van der Waals surface area contributed by atoms with E-state index in [1.807, 2.05) is 42.5 Å². The van der Waals surface area contributed by atoms with Gasteiger partial charge in [-0.3, -0.25) is 4.72 Å². The zero-order chi connectivity index (χ0) is 28.3. The number of hydrogen-bond acceptors (Lipinski definition) is 7. The van der Waals surface area contributed by atoms with Crippen LogP contribution in [-0.4, -0.2) is 18.5 Å². The largest absolute Gasteiger partial charge is 0.507 e. The molecule has 1 fully saturated rings. The number of anilines is 1. The number of benzene rings is 2. The number of nitriles is 1. The van der Waals surface area contributed by atoms with Gasteiger partial charge in [-0.15, -0.1) is 0 Å². The van der Waals surface area contributed by atoms with Crippen LogP contribution in [0.15, 0.2) is 93.2 Å². The van der Waals surface area contributed by atoms with Gasteiger partial charge in [0.05, 0.1) is 17.2 Å². The lowest BCUT2D eigenvalue weighted by molar-refractivity contribution is 0.395. The van der Waals surface area contributed by atoms with Gasteiger partial charge >= 0.3 is 5.63 Å². The lowest BCUT2D eigenvalue weighted by Gasteiger charge is -2.20. The van der Waals surface area contributed by atoms with Gasteiger partial charge in [-0.1, -0.05) is 49.4 Å². The standard InChI is InChI=1S/C31H29N3O5S/c1-2-21(22-7-4-3-5-8-22)17-26-18-27(35)30(31(36)39-26)29(23-11-12-23)24-9-6-10-25(16-24)34-40(37,38)28-15-20(19-32)13-14-33-28/h3-10,13-16,18,21,23,29,34-35H,2,11-12,17H2,1H3. The first-order chi connectivity index (χ1) is 19.3. The third-order valence-corrected chi connectivity index (χ3v) is 8.55. The third-order valence-electron chi connectivity index (χ3n) is 7.27. The first kappa shape index (κ1) is 27.2. The van der Waals surface area contributed by atoms with E-state index in [0.29, 0.717) is 17.7 Å². The van der Waals surface area contributed by atoms with Crippen molar-refractivity contribution in [2.24, 2.45) is 5.92 Å². The van der Waals surface area contributed by atoms with Crippen LogP contribution in [0.25, 0.3) is 0 Å². The fourth-order valence-electron chi connectivity index (χ4n) is 5.12. The van der Waals surface area contributed by atoms with Crippen molar-refractivity contribution in [2.45, 2.75) is 49.5 Å². The number of rotatable bonds is 10. The maximum Gasteiger partial charge on any atom is 0.343 e. The number of pyridine rings is 1. The van der Waals surface area contributed by atoms with Gasteiger partial charge in [-0.2, -0.15) is 13.7 Å². The molecule has 0 saturated heterocycles. The van der Waals surface area contributed by atoms with E-state index in [-0.39, 0.29) is 39.4 Å². The topological polar surface area (TPSA) is 133 Å². The summed E-state index contributed by atoms with van der Waals surface area (Å²) in [4.78, 5) is 17.2. The fourth-order valence-corrected chi connectivity index (χ4v) is 6.15. The van der Waals surface area contributed by atoms with Crippen LogP contribution in [0.2, 0.25) is 0 Å². The highest BCUT2D eigenvalue weighted by Gasteiger charge is 2.37. The molecule has 1 aliphatic rings. The Morgan fingerprint density at radius 1 is 1.07 bits per heavy atom. The molecule has 2 aromatic heterocycles. The zero-order valence-corrected chi connectivity index (χ0v) is 22.8. The van der Waals surface area contributed by atoms with Gasteiger partial charge in [-0.25, -0.2) is 9.78 Å². The van der Waals surface area contributed by atoms with E-state index in [4.69, 9.17) is 9.68 Å². The first-order valence-corrected chi connectivity index (χ1v) is 14.7. The van der Waals surface area contributed by atoms with Crippen LogP contribution in [0.3, 0.4) is 0 Å². The van der Waals surface area contributed by atoms with Gasteiger partial charge in [0.1, 0.15) is 11.5 Å². The van der Waals surface area contributed by atoms with E-state index in [0.717, 1.165) is 24.8 Å². The Labute approximate surface area is 233 Å². The number of nitrogens with zero attached hydrogens (tertiary/aromatic N) is 2. The Bertz CT molecular complexity index is 1720. The summed E-state index contributed by atoms with van der Waals surface area (Å²) in [5.41, 5.74) is 1.88. The summed E-state index contributed by atoms with van der Waals surface area (Å²) in [6.45, 7) is 2.07. The van der Waals surface area contributed by atoms with Crippen molar-refractivity contribution in [2.75, 3.05) is 4.72 Å². The lowest BCUT2D eigenvalue weighted by atomic mass is 9.86. The van der Waals surface area contributed by atoms with E-state index in [1.165, 1.54) is 24.4 Å².